The molecule has 1 aliphatic heterocycles. The number of nitrogens with one attached hydrogen (secondary N) is 1. The molecular weight excluding hydrogens is 392 g/mol. The number of piperazine rings is 1. The molecule has 1 aliphatic rings. The second kappa shape index (κ2) is 9.41. The van der Waals surface area contributed by atoms with Gasteiger partial charge in [0.2, 0.25) is 5.91 Å². The van der Waals surface area contributed by atoms with Crippen LogP contribution >= 0.6 is 11.3 Å². The lowest BCUT2D eigenvalue weighted by molar-refractivity contribution is -0.116. The van der Waals surface area contributed by atoms with Gasteiger partial charge >= 0.3 is 0 Å². The van der Waals surface area contributed by atoms with Crippen LogP contribution in [0.2, 0.25) is 0 Å². The number of aromatic nitrogens is 1. The maximum absolute atomic E-state index is 12.0. The van der Waals surface area contributed by atoms with Gasteiger partial charge in [-0.1, -0.05) is 47.7 Å². The van der Waals surface area contributed by atoms with Crippen LogP contribution in [0.4, 0.5) is 5.13 Å². The Kier molecular flexibility index (Phi) is 6.45. The molecule has 1 aromatic heterocycles. The molecule has 1 fully saturated rings. The van der Waals surface area contributed by atoms with E-state index in [9.17, 15) is 4.79 Å². The molecule has 4 rings (SSSR count). The lowest BCUT2D eigenvalue weighted by atomic mass is 10.1. The molecule has 0 atom stereocenters. The highest BCUT2D eigenvalue weighted by molar-refractivity contribution is 7.22. The molecule has 5 nitrogen and oxygen atoms in total. The van der Waals surface area contributed by atoms with E-state index in [1.807, 2.05) is 36.4 Å². The van der Waals surface area contributed by atoms with E-state index >= 15 is 0 Å². The molecule has 1 amide bonds. The summed E-state index contributed by atoms with van der Waals surface area (Å²) in [6, 6.07) is 14.2. The van der Waals surface area contributed by atoms with Gasteiger partial charge in [0.1, 0.15) is 0 Å². The first kappa shape index (κ1) is 20.6. The number of anilines is 1. The first-order valence-electron chi connectivity index (χ1n) is 10.4. The van der Waals surface area contributed by atoms with Crippen molar-refractivity contribution in [2.45, 2.75) is 13.8 Å². The van der Waals surface area contributed by atoms with E-state index in [1.54, 1.807) is 17.4 Å². The summed E-state index contributed by atoms with van der Waals surface area (Å²) in [6.45, 7) is 9.76. The fraction of sp³-hybridized carbons (Fsp3) is 0.333. The van der Waals surface area contributed by atoms with E-state index in [1.165, 1.54) is 15.8 Å². The quantitative estimate of drug-likeness (QED) is 0.615. The maximum atomic E-state index is 12.0. The van der Waals surface area contributed by atoms with Gasteiger partial charge in [-0.25, -0.2) is 4.98 Å². The third-order valence-corrected chi connectivity index (χ3v) is 6.75. The van der Waals surface area contributed by atoms with Crippen LogP contribution in [0, 0.1) is 13.8 Å². The zero-order valence-electron chi connectivity index (χ0n) is 17.6. The number of fused-ring (bicyclic) bond motifs is 1. The number of rotatable bonds is 6. The van der Waals surface area contributed by atoms with Gasteiger partial charge in [-0.2, -0.15) is 0 Å². The van der Waals surface area contributed by atoms with Crippen molar-refractivity contribution in [1.29, 1.82) is 0 Å². The Hall–Kier alpha value is -2.70. The van der Waals surface area contributed by atoms with Gasteiger partial charge in [0.05, 0.1) is 10.2 Å². The number of nitrogens with zero attached hydrogens (tertiary/aromatic N) is 3. The molecule has 0 aliphatic carbocycles. The summed E-state index contributed by atoms with van der Waals surface area (Å²) in [6.07, 6.45) is 3.44. The van der Waals surface area contributed by atoms with E-state index < -0.39 is 0 Å². The number of hydrogen-bond donors (Lipinski definition) is 1. The van der Waals surface area contributed by atoms with Crippen LogP contribution in [0.1, 0.15) is 16.7 Å². The normalized spacial score (nSPS) is 15.2. The van der Waals surface area contributed by atoms with Crippen molar-refractivity contribution < 1.29 is 4.79 Å². The van der Waals surface area contributed by atoms with Gasteiger partial charge in [0.15, 0.2) is 5.13 Å². The highest BCUT2D eigenvalue weighted by Gasteiger charge is 2.20. The Morgan fingerprint density at radius 2 is 1.87 bits per heavy atom. The Labute approximate surface area is 182 Å². The van der Waals surface area contributed by atoms with Crippen LogP contribution in [0.25, 0.3) is 16.3 Å². The second-order valence-electron chi connectivity index (χ2n) is 7.71. The third kappa shape index (κ3) is 4.89. The smallest absolute Gasteiger partial charge is 0.244 e. The van der Waals surface area contributed by atoms with E-state index in [0.29, 0.717) is 6.54 Å². The Morgan fingerprint density at radius 1 is 1.10 bits per heavy atom. The lowest BCUT2D eigenvalue weighted by Gasteiger charge is -2.34. The molecule has 0 saturated carbocycles. The van der Waals surface area contributed by atoms with Gasteiger partial charge in [-0.15, -0.1) is 0 Å². The van der Waals surface area contributed by atoms with E-state index in [4.69, 9.17) is 4.98 Å². The summed E-state index contributed by atoms with van der Waals surface area (Å²) in [5.74, 6) is -0.0439. The third-order valence-electron chi connectivity index (χ3n) is 5.67. The molecule has 3 aromatic rings. The maximum Gasteiger partial charge on any atom is 0.244 e. The van der Waals surface area contributed by atoms with Gasteiger partial charge in [0, 0.05) is 45.3 Å². The Morgan fingerprint density at radius 3 is 2.63 bits per heavy atom. The summed E-state index contributed by atoms with van der Waals surface area (Å²) < 4.78 is 1.27. The molecule has 156 valence electrons. The fourth-order valence-electron chi connectivity index (χ4n) is 3.64. The Bertz CT molecular complexity index is 1040. The summed E-state index contributed by atoms with van der Waals surface area (Å²) >= 11 is 1.78. The predicted octanol–water partition coefficient (Wildman–Crippen LogP) is 3.86. The van der Waals surface area contributed by atoms with Crippen molar-refractivity contribution in [2.24, 2.45) is 0 Å². The number of hydrogen-bond acceptors (Lipinski definition) is 5. The van der Waals surface area contributed by atoms with Crippen molar-refractivity contribution in [1.82, 2.24) is 15.2 Å². The van der Waals surface area contributed by atoms with Crippen molar-refractivity contribution in [2.75, 3.05) is 44.2 Å². The van der Waals surface area contributed by atoms with Crippen LogP contribution in [0.3, 0.4) is 0 Å². The number of amides is 1. The molecular formula is C24H28N4OS. The summed E-state index contributed by atoms with van der Waals surface area (Å²) in [4.78, 5) is 21.7. The highest BCUT2D eigenvalue weighted by atomic mass is 32.1. The van der Waals surface area contributed by atoms with Gasteiger partial charge in [-0.05, 0) is 42.7 Å². The molecule has 1 N–H and O–H groups in total. The first-order chi connectivity index (χ1) is 14.6. The standard InChI is InChI=1S/C24H28N4OS/c1-18-8-10-21-23(19(18)2)26-24(30-21)28-16-14-27(15-17-28)13-12-25-22(29)11-9-20-6-4-3-5-7-20/h3-11H,12-17H2,1-2H3,(H,25,29)/b11-9+. The summed E-state index contributed by atoms with van der Waals surface area (Å²) in [5.41, 5.74) is 4.75. The molecule has 0 spiro atoms. The average molecular weight is 421 g/mol. The van der Waals surface area contributed by atoms with Crippen LogP contribution in [-0.4, -0.2) is 55.1 Å². The Balaban J connectivity index is 1.23. The first-order valence-corrected chi connectivity index (χ1v) is 11.3. The van der Waals surface area contributed by atoms with Gasteiger partial charge < -0.3 is 10.2 Å². The molecule has 30 heavy (non-hydrogen) atoms. The minimum Gasteiger partial charge on any atom is -0.351 e. The SMILES string of the molecule is Cc1ccc2sc(N3CCN(CCNC(=O)/C=C/c4ccccc4)CC3)nc2c1C. The second-order valence-corrected chi connectivity index (χ2v) is 8.72. The predicted molar refractivity (Wildman–Crippen MR) is 126 cm³/mol. The number of carbonyl (C=O) groups excluding carboxylic acids is 1. The largest absolute Gasteiger partial charge is 0.351 e. The minimum atomic E-state index is -0.0439. The summed E-state index contributed by atoms with van der Waals surface area (Å²) in [5, 5.41) is 4.10. The van der Waals surface area contributed by atoms with Crippen LogP contribution in [-0.2, 0) is 4.79 Å². The average Bonchev–Trinajstić information content (AvgIpc) is 3.21. The topological polar surface area (TPSA) is 48.5 Å². The number of benzene rings is 2. The van der Waals surface area contributed by atoms with E-state index in [2.05, 4.69) is 41.1 Å². The number of aryl methyl sites for hydroxylation is 2. The molecule has 2 heterocycles. The monoisotopic (exact) mass is 420 g/mol. The number of carbonyl (C=O) groups is 1. The van der Waals surface area contributed by atoms with Crippen LogP contribution in [0.15, 0.2) is 48.5 Å². The van der Waals surface area contributed by atoms with Crippen molar-refractivity contribution in [3.05, 3.63) is 65.2 Å². The van der Waals surface area contributed by atoms with E-state index in [-0.39, 0.29) is 5.91 Å². The van der Waals surface area contributed by atoms with E-state index in [0.717, 1.165) is 48.9 Å². The highest BCUT2D eigenvalue weighted by Crippen LogP contribution is 2.32. The molecule has 1 saturated heterocycles. The molecule has 6 heteroatoms. The lowest BCUT2D eigenvalue weighted by Crippen LogP contribution is -2.48. The van der Waals surface area contributed by atoms with Crippen molar-refractivity contribution >= 4 is 38.7 Å². The zero-order valence-corrected chi connectivity index (χ0v) is 18.4. The summed E-state index contributed by atoms with van der Waals surface area (Å²) in [7, 11) is 0. The molecule has 0 radical (unpaired) electrons. The number of thiazole rings is 1. The van der Waals surface area contributed by atoms with Crippen molar-refractivity contribution in [3.8, 4) is 0 Å². The molecule has 0 unspecified atom stereocenters. The zero-order chi connectivity index (χ0) is 20.9. The van der Waals surface area contributed by atoms with Crippen LogP contribution < -0.4 is 10.2 Å². The van der Waals surface area contributed by atoms with Crippen LogP contribution in [0.5, 0.6) is 0 Å². The molecule has 0 bridgehead atoms. The molecule has 2 aromatic carbocycles. The van der Waals surface area contributed by atoms with Crippen molar-refractivity contribution in [3.63, 3.8) is 0 Å². The minimum absolute atomic E-state index is 0.0439. The fourth-order valence-corrected chi connectivity index (χ4v) is 4.72. The van der Waals surface area contributed by atoms with Gasteiger partial charge in [0.25, 0.3) is 0 Å². The van der Waals surface area contributed by atoms with Gasteiger partial charge in [-0.3, -0.25) is 9.69 Å².